The number of hydrogen-bond acceptors (Lipinski definition) is 10. The number of hydrazone groups is 1. The highest BCUT2D eigenvalue weighted by Gasteiger charge is 2.61. The van der Waals surface area contributed by atoms with Crippen LogP contribution in [0.25, 0.3) is 17.1 Å². The van der Waals surface area contributed by atoms with Crippen molar-refractivity contribution in [1.82, 2.24) is 20.2 Å². The van der Waals surface area contributed by atoms with E-state index in [9.17, 15) is 31.9 Å². The number of anilines is 2. The number of aliphatic hydroxyl groups excluding tert-OH is 1. The molecule has 1 aliphatic rings. The van der Waals surface area contributed by atoms with Crippen LogP contribution in [0.2, 0.25) is 0 Å². The minimum absolute atomic E-state index is 0.0860. The minimum Gasteiger partial charge on any atom is -0.497 e. The fourth-order valence-corrected chi connectivity index (χ4v) is 5.58. The van der Waals surface area contributed by atoms with Gasteiger partial charge in [0.2, 0.25) is 11.9 Å². The van der Waals surface area contributed by atoms with Crippen LogP contribution in [0.4, 0.5) is 33.6 Å². The van der Waals surface area contributed by atoms with Gasteiger partial charge in [0.15, 0.2) is 11.0 Å². The van der Waals surface area contributed by atoms with Crippen LogP contribution in [0, 0.1) is 0 Å². The quantitative estimate of drug-likeness (QED) is 0.111. The lowest BCUT2D eigenvalue weighted by atomic mass is 10.00. The van der Waals surface area contributed by atoms with E-state index in [-0.39, 0.29) is 48.2 Å². The lowest BCUT2D eigenvalue weighted by molar-refractivity contribution is -0.360. The SMILES string of the molecule is COc1ccc(C(C)C)c(N2C(=O)CS/C2=N\NCc2ccc(-c3nc(NCCO)n(-c4ccc(OC(F)(F)C(F)(F)F)cc4)n3)cc2)c1. The van der Waals surface area contributed by atoms with Crippen molar-refractivity contribution < 1.29 is 41.3 Å². The molecule has 2 heterocycles. The van der Waals surface area contributed by atoms with Crippen LogP contribution in [0.15, 0.2) is 71.8 Å². The highest BCUT2D eigenvalue weighted by molar-refractivity contribution is 8.15. The van der Waals surface area contributed by atoms with Gasteiger partial charge in [-0.1, -0.05) is 55.9 Å². The zero-order chi connectivity index (χ0) is 35.3. The molecule has 3 N–H and O–H groups in total. The number of thioether (sulfide) groups is 1. The Kier molecular flexibility index (Phi) is 10.6. The van der Waals surface area contributed by atoms with E-state index in [4.69, 9.17) is 4.74 Å². The molecule has 0 spiro atoms. The number of amides is 1. The van der Waals surface area contributed by atoms with Crippen molar-refractivity contribution in [3.63, 3.8) is 0 Å². The Hall–Kier alpha value is -4.90. The van der Waals surface area contributed by atoms with Crippen molar-refractivity contribution in [3.8, 4) is 28.6 Å². The Morgan fingerprint density at radius 2 is 1.71 bits per heavy atom. The van der Waals surface area contributed by atoms with Gasteiger partial charge >= 0.3 is 12.3 Å². The van der Waals surface area contributed by atoms with Crippen molar-refractivity contribution in [1.29, 1.82) is 0 Å². The summed E-state index contributed by atoms with van der Waals surface area (Å²) in [7, 11) is 1.57. The summed E-state index contributed by atoms with van der Waals surface area (Å²) in [5.74, 6) is 0.743. The monoisotopic (exact) mass is 705 g/mol. The van der Waals surface area contributed by atoms with E-state index < -0.39 is 18.0 Å². The molecule has 1 amide bonds. The van der Waals surface area contributed by atoms with Gasteiger partial charge in [-0.3, -0.25) is 9.69 Å². The standard InChI is InChI=1S/C32H32F5N7O4S/c1-19(2)25-13-12-24(47-3)16-26(25)43-27(46)18-49-30(43)41-39-17-20-4-6-21(7-5-20)28-40-29(38-14-15-45)44(42-28)22-8-10-23(11-9-22)48-32(36,37)31(33,34)35/h4-13,16,19,39,45H,14-15,17-18H2,1-3H3,(H,38,40,42)/b41-30-. The van der Waals surface area contributed by atoms with Crippen molar-refractivity contribution in [2.24, 2.45) is 5.10 Å². The summed E-state index contributed by atoms with van der Waals surface area (Å²) in [6.07, 6.45) is -11.2. The van der Waals surface area contributed by atoms with Gasteiger partial charge < -0.3 is 25.3 Å². The predicted molar refractivity (Wildman–Crippen MR) is 175 cm³/mol. The highest BCUT2D eigenvalue weighted by Crippen LogP contribution is 2.38. The number of halogens is 5. The maximum absolute atomic E-state index is 13.3. The fourth-order valence-electron chi connectivity index (χ4n) is 4.74. The Balaban J connectivity index is 1.30. The number of carbonyl (C=O) groups excluding carboxylic acids is 1. The summed E-state index contributed by atoms with van der Waals surface area (Å²) in [4.78, 5) is 19.0. The van der Waals surface area contributed by atoms with Gasteiger partial charge in [-0.05, 0) is 47.4 Å². The molecule has 0 bridgehead atoms. The molecule has 260 valence electrons. The number of aliphatic hydroxyl groups is 1. The van der Waals surface area contributed by atoms with Gasteiger partial charge in [0.1, 0.15) is 11.5 Å². The highest BCUT2D eigenvalue weighted by atomic mass is 32.2. The third kappa shape index (κ3) is 8.05. The number of ether oxygens (including phenoxy) is 2. The van der Waals surface area contributed by atoms with Crippen molar-refractivity contribution in [2.45, 2.75) is 38.6 Å². The van der Waals surface area contributed by atoms with Gasteiger partial charge in [-0.15, -0.1) is 5.10 Å². The summed E-state index contributed by atoms with van der Waals surface area (Å²) >= 11 is 1.33. The van der Waals surface area contributed by atoms with E-state index in [1.54, 1.807) is 24.1 Å². The van der Waals surface area contributed by atoms with E-state index in [1.807, 2.05) is 44.2 Å². The molecule has 0 unspecified atom stereocenters. The first-order chi connectivity index (χ1) is 23.3. The van der Waals surface area contributed by atoms with Gasteiger partial charge in [-0.2, -0.15) is 36.7 Å². The van der Waals surface area contributed by atoms with Crippen molar-refractivity contribution in [3.05, 3.63) is 77.9 Å². The molecule has 1 aromatic heterocycles. The first-order valence-electron chi connectivity index (χ1n) is 14.9. The maximum Gasteiger partial charge on any atom is 0.499 e. The van der Waals surface area contributed by atoms with Crippen LogP contribution in [0.1, 0.15) is 30.9 Å². The first kappa shape index (κ1) is 35.4. The molecule has 17 heteroatoms. The van der Waals surface area contributed by atoms with E-state index >= 15 is 0 Å². The maximum atomic E-state index is 13.3. The van der Waals surface area contributed by atoms with Gasteiger partial charge in [-0.25, -0.2) is 0 Å². The number of alkyl halides is 5. The Labute approximate surface area is 282 Å². The van der Waals surface area contributed by atoms with Crippen molar-refractivity contribution >= 4 is 34.5 Å². The summed E-state index contributed by atoms with van der Waals surface area (Å²) < 4.78 is 74.8. The molecule has 0 radical (unpaired) electrons. The Morgan fingerprint density at radius 1 is 1.02 bits per heavy atom. The normalized spacial score (nSPS) is 14.5. The average molecular weight is 706 g/mol. The fraction of sp³-hybridized carbons (Fsp3) is 0.312. The second-order valence-corrected chi connectivity index (χ2v) is 11.9. The zero-order valence-electron chi connectivity index (χ0n) is 26.5. The topological polar surface area (TPSA) is 126 Å². The van der Waals surface area contributed by atoms with Crippen LogP contribution in [-0.4, -0.2) is 69.2 Å². The number of nitrogens with one attached hydrogen (secondary N) is 2. The van der Waals surface area contributed by atoms with E-state index in [0.29, 0.717) is 23.0 Å². The smallest absolute Gasteiger partial charge is 0.497 e. The van der Waals surface area contributed by atoms with Crippen LogP contribution < -0.4 is 25.1 Å². The number of nitrogens with zero attached hydrogens (tertiary/aromatic N) is 5. The molecule has 1 fully saturated rings. The Bertz CT molecular complexity index is 1800. The lowest BCUT2D eigenvalue weighted by Gasteiger charge is -2.22. The number of carbonyl (C=O) groups is 1. The number of rotatable bonds is 13. The summed E-state index contributed by atoms with van der Waals surface area (Å²) in [6, 6.07) is 17.3. The third-order valence-electron chi connectivity index (χ3n) is 7.20. The summed E-state index contributed by atoms with van der Waals surface area (Å²) in [5, 5.41) is 21.7. The van der Waals surface area contributed by atoms with Crippen LogP contribution in [0.5, 0.6) is 11.5 Å². The summed E-state index contributed by atoms with van der Waals surface area (Å²) in [5.41, 5.74) is 6.52. The van der Waals surface area contributed by atoms with E-state index in [2.05, 4.69) is 30.7 Å². The predicted octanol–water partition coefficient (Wildman–Crippen LogP) is 6.15. The third-order valence-corrected chi connectivity index (χ3v) is 8.12. The molecule has 5 rings (SSSR count). The molecule has 4 aromatic rings. The first-order valence-corrected chi connectivity index (χ1v) is 15.9. The Morgan fingerprint density at radius 3 is 2.35 bits per heavy atom. The second-order valence-electron chi connectivity index (χ2n) is 11.0. The molecular formula is C32H32F5N7O4S. The van der Waals surface area contributed by atoms with Crippen LogP contribution >= 0.6 is 11.8 Å². The van der Waals surface area contributed by atoms with Gasteiger partial charge in [0.05, 0.1) is 37.4 Å². The molecule has 1 saturated heterocycles. The van der Waals surface area contributed by atoms with Gasteiger partial charge in [0, 0.05) is 18.2 Å². The molecule has 1 aliphatic heterocycles. The molecule has 0 saturated carbocycles. The molecule has 3 aromatic carbocycles. The molecule has 0 atom stereocenters. The summed E-state index contributed by atoms with van der Waals surface area (Å²) in [6.45, 7) is 4.33. The zero-order valence-corrected chi connectivity index (χ0v) is 27.3. The number of hydrogen-bond donors (Lipinski definition) is 3. The molecule has 49 heavy (non-hydrogen) atoms. The largest absolute Gasteiger partial charge is 0.499 e. The van der Waals surface area contributed by atoms with Gasteiger partial charge in [0.25, 0.3) is 0 Å². The number of benzene rings is 3. The number of methoxy groups -OCH3 is 1. The van der Waals surface area contributed by atoms with Crippen LogP contribution in [-0.2, 0) is 11.3 Å². The minimum atomic E-state index is -5.88. The number of amidine groups is 1. The molecular weight excluding hydrogens is 673 g/mol. The molecule has 0 aliphatic carbocycles. The lowest BCUT2D eigenvalue weighted by Crippen LogP contribution is -2.41. The second kappa shape index (κ2) is 14.7. The van der Waals surface area contributed by atoms with Crippen LogP contribution in [0.3, 0.4) is 0 Å². The average Bonchev–Trinajstić information content (AvgIpc) is 3.66. The van der Waals surface area contributed by atoms with Crippen molar-refractivity contribution in [2.75, 3.05) is 36.2 Å². The van der Waals surface area contributed by atoms with E-state index in [1.165, 1.54) is 28.6 Å². The molecule has 11 nitrogen and oxygen atoms in total. The number of aromatic nitrogens is 3. The van der Waals surface area contributed by atoms with E-state index in [0.717, 1.165) is 28.9 Å².